The molecule has 3 aromatic heterocycles. The average molecular weight is 443 g/mol. The number of ether oxygens (including phenoxy) is 1. The van der Waals surface area contributed by atoms with E-state index < -0.39 is 12.0 Å². The van der Waals surface area contributed by atoms with Gasteiger partial charge in [0.05, 0.1) is 22.4 Å². The van der Waals surface area contributed by atoms with E-state index in [0.29, 0.717) is 33.0 Å². The number of aryl methyl sites for hydroxylation is 1. The number of furan rings is 1. The minimum Gasteiger partial charge on any atom is -0.462 e. The van der Waals surface area contributed by atoms with Gasteiger partial charge in [-0.2, -0.15) is 0 Å². The molecule has 8 heteroatoms. The zero-order valence-corrected chi connectivity index (χ0v) is 18.8. The van der Waals surface area contributed by atoms with Crippen molar-refractivity contribution in [2.45, 2.75) is 33.7 Å². The summed E-state index contributed by atoms with van der Waals surface area (Å²) in [6.07, 6.45) is 1.72. The first kappa shape index (κ1) is 20.6. The lowest BCUT2D eigenvalue weighted by Crippen LogP contribution is -2.39. The molecule has 0 fully saturated rings. The van der Waals surface area contributed by atoms with Crippen LogP contribution in [0.1, 0.15) is 43.2 Å². The Kier molecular flexibility index (Phi) is 5.62. The summed E-state index contributed by atoms with van der Waals surface area (Å²) in [7, 11) is 0. The molecule has 4 rings (SSSR count). The van der Waals surface area contributed by atoms with Gasteiger partial charge in [0.1, 0.15) is 17.6 Å². The van der Waals surface area contributed by atoms with Crippen LogP contribution in [-0.4, -0.2) is 17.1 Å². The molecule has 0 spiro atoms. The van der Waals surface area contributed by atoms with Crippen molar-refractivity contribution in [1.29, 1.82) is 0 Å². The highest BCUT2D eigenvalue weighted by Gasteiger charge is 2.34. The van der Waals surface area contributed by atoms with Gasteiger partial charge < -0.3 is 9.15 Å². The smallest absolute Gasteiger partial charge is 0.338 e. The maximum Gasteiger partial charge on any atom is 0.338 e. The number of esters is 1. The monoisotopic (exact) mass is 442 g/mol. The number of carbonyl (C=O) groups excluding carboxylic acids is 1. The molecule has 1 aliphatic rings. The second-order valence-electron chi connectivity index (χ2n) is 7.54. The molecule has 0 bridgehead atoms. The minimum absolute atomic E-state index is 0.201. The summed E-state index contributed by atoms with van der Waals surface area (Å²) >= 11 is 2.79. The largest absolute Gasteiger partial charge is 0.462 e. The van der Waals surface area contributed by atoms with Crippen molar-refractivity contribution in [2.75, 3.05) is 6.61 Å². The van der Waals surface area contributed by atoms with E-state index in [9.17, 15) is 9.59 Å². The van der Waals surface area contributed by atoms with Crippen molar-refractivity contribution in [2.24, 2.45) is 10.9 Å². The fraction of sp³-hybridized carbons (Fsp3) is 0.318. The molecule has 30 heavy (non-hydrogen) atoms. The maximum atomic E-state index is 13.3. The zero-order chi connectivity index (χ0) is 21.4. The molecular formula is C22H22N2O4S2. The quantitative estimate of drug-likeness (QED) is 0.568. The number of fused-ring (bicyclic) bond motifs is 1. The topological polar surface area (TPSA) is 73.8 Å². The van der Waals surface area contributed by atoms with E-state index in [1.807, 2.05) is 50.4 Å². The van der Waals surface area contributed by atoms with Crippen LogP contribution < -0.4 is 14.9 Å². The molecule has 4 heterocycles. The Balaban J connectivity index is 1.87. The highest BCUT2D eigenvalue weighted by Crippen LogP contribution is 2.33. The Morgan fingerprint density at radius 3 is 2.77 bits per heavy atom. The number of thiophene rings is 1. The van der Waals surface area contributed by atoms with Crippen LogP contribution >= 0.6 is 22.7 Å². The van der Waals surface area contributed by atoms with Gasteiger partial charge in [-0.1, -0.05) is 31.3 Å². The molecule has 0 radical (unpaired) electrons. The van der Waals surface area contributed by atoms with Gasteiger partial charge in [0.15, 0.2) is 4.80 Å². The Morgan fingerprint density at radius 2 is 2.13 bits per heavy atom. The third-order valence-electron chi connectivity index (χ3n) is 4.64. The van der Waals surface area contributed by atoms with E-state index in [1.54, 1.807) is 17.6 Å². The third-order valence-corrected chi connectivity index (χ3v) is 6.54. The van der Waals surface area contributed by atoms with Gasteiger partial charge >= 0.3 is 5.97 Å². The molecule has 1 atom stereocenters. The van der Waals surface area contributed by atoms with E-state index in [4.69, 9.17) is 9.15 Å². The van der Waals surface area contributed by atoms with Crippen molar-refractivity contribution >= 4 is 34.7 Å². The zero-order valence-electron chi connectivity index (χ0n) is 17.2. The Morgan fingerprint density at radius 1 is 1.33 bits per heavy atom. The Hall–Kier alpha value is -2.71. The molecule has 0 saturated heterocycles. The Bertz CT molecular complexity index is 1290. The molecule has 0 aliphatic carbocycles. The predicted molar refractivity (Wildman–Crippen MR) is 117 cm³/mol. The van der Waals surface area contributed by atoms with E-state index in [2.05, 4.69) is 4.99 Å². The van der Waals surface area contributed by atoms with Crippen molar-refractivity contribution in [3.63, 3.8) is 0 Å². The highest BCUT2D eigenvalue weighted by molar-refractivity contribution is 7.10. The van der Waals surface area contributed by atoms with Crippen LogP contribution in [0.15, 0.2) is 55.1 Å². The molecule has 0 saturated carbocycles. The summed E-state index contributed by atoms with van der Waals surface area (Å²) in [6, 6.07) is 6.96. The molecule has 0 N–H and O–H groups in total. The lowest BCUT2D eigenvalue weighted by atomic mass is 10.0. The second-order valence-corrected chi connectivity index (χ2v) is 9.53. The van der Waals surface area contributed by atoms with Gasteiger partial charge in [-0.25, -0.2) is 9.79 Å². The summed E-state index contributed by atoms with van der Waals surface area (Å²) in [5.74, 6) is 1.17. The van der Waals surface area contributed by atoms with Crippen LogP contribution in [0, 0.1) is 12.8 Å². The molecule has 156 valence electrons. The first-order chi connectivity index (χ1) is 14.3. The molecular weight excluding hydrogens is 420 g/mol. The molecule has 1 aliphatic heterocycles. The van der Waals surface area contributed by atoms with Crippen LogP contribution in [0.3, 0.4) is 0 Å². The van der Waals surface area contributed by atoms with Crippen molar-refractivity contribution < 1.29 is 13.9 Å². The minimum atomic E-state index is -0.554. The van der Waals surface area contributed by atoms with Crippen LogP contribution in [0.2, 0.25) is 0 Å². The normalized spacial score (nSPS) is 16.7. The highest BCUT2D eigenvalue weighted by atomic mass is 32.1. The predicted octanol–water partition coefficient (Wildman–Crippen LogP) is 3.40. The van der Waals surface area contributed by atoms with Crippen molar-refractivity contribution in [1.82, 2.24) is 4.57 Å². The lowest BCUT2D eigenvalue weighted by Gasteiger charge is -2.23. The maximum absolute atomic E-state index is 13.3. The summed E-state index contributed by atoms with van der Waals surface area (Å²) in [4.78, 5) is 32.3. The lowest BCUT2D eigenvalue weighted by molar-refractivity contribution is -0.140. The van der Waals surface area contributed by atoms with E-state index >= 15 is 0 Å². The van der Waals surface area contributed by atoms with Crippen LogP contribution in [-0.2, 0) is 9.53 Å². The van der Waals surface area contributed by atoms with Gasteiger partial charge in [-0.15, -0.1) is 11.3 Å². The number of hydrogen-bond donors (Lipinski definition) is 0. The average Bonchev–Trinajstić information content (AvgIpc) is 3.41. The van der Waals surface area contributed by atoms with Crippen molar-refractivity contribution in [3.05, 3.63) is 77.0 Å². The van der Waals surface area contributed by atoms with E-state index in [-0.39, 0.29) is 11.5 Å². The van der Waals surface area contributed by atoms with Gasteiger partial charge in [0.25, 0.3) is 5.56 Å². The van der Waals surface area contributed by atoms with Crippen LogP contribution in [0.25, 0.3) is 6.08 Å². The standard InChI is InChI=1S/C22H22N2O4S2/c1-12(2)11-27-21(26)18-14(4)23-22-24(19(18)16-6-5-9-29-16)20(25)17(30-22)10-15-8-7-13(3)28-15/h5-10,12,19H,11H2,1-4H3/b17-10+/t19-/m1/s1. The molecule has 0 unspecified atom stereocenters. The van der Waals surface area contributed by atoms with E-state index in [0.717, 1.165) is 10.6 Å². The second kappa shape index (κ2) is 8.20. The number of nitrogens with zero attached hydrogens (tertiary/aromatic N) is 2. The van der Waals surface area contributed by atoms with Gasteiger partial charge in [-0.3, -0.25) is 9.36 Å². The van der Waals surface area contributed by atoms with Gasteiger partial charge in [0, 0.05) is 11.0 Å². The number of thiazole rings is 1. The summed E-state index contributed by atoms with van der Waals surface area (Å²) in [5, 5.41) is 1.93. The summed E-state index contributed by atoms with van der Waals surface area (Å²) < 4.78 is 13.2. The van der Waals surface area contributed by atoms with E-state index in [1.165, 1.54) is 22.7 Å². The SMILES string of the molecule is CC1=C(C(=O)OCC(C)C)[C@@H](c2cccs2)n2c(s/c(=C/c3ccc(C)o3)c2=O)=N1. The number of aromatic nitrogens is 1. The van der Waals surface area contributed by atoms with Crippen molar-refractivity contribution in [3.8, 4) is 0 Å². The fourth-order valence-electron chi connectivity index (χ4n) is 3.28. The number of rotatable bonds is 5. The Labute approximate surface area is 181 Å². The van der Waals surface area contributed by atoms with Gasteiger partial charge in [0.2, 0.25) is 0 Å². The van der Waals surface area contributed by atoms with Crippen LogP contribution in [0.4, 0.5) is 0 Å². The first-order valence-corrected chi connectivity index (χ1v) is 11.3. The van der Waals surface area contributed by atoms with Gasteiger partial charge in [-0.05, 0) is 43.3 Å². The summed E-state index contributed by atoms with van der Waals surface area (Å²) in [6.45, 7) is 7.93. The molecule has 3 aromatic rings. The van der Waals surface area contributed by atoms with Crippen LogP contribution in [0.5, 0.6) is 0 Å². The molecule has 0 amide bonds. The first-order valence-electron chi connectivity index (χ1n) is 9.64. The number of allylic oxidation sites excluding steroid dienone is 1. The molecule has 0 aromatic carbocycles. The molecule has 6 nitrogen and oxygen atoms in total. The summed E-state index contributed by atoms with van der Waals surface area (Å²) in [5.41, 5.74) is 0.780. The third kappa shape index (κ3) is 3.85. The fourth-order valence-corrected chi connectivity index (χ4v) is 5.13. The number of hydrogen-bond acceptors (Lipinski definition) is 7. The number of carbonyl (C=O) groups is 1.